The molecule has 1 aromatic carbocycles. The molecule has 2 atom stereocenters. The number of anilines is 1. The minimum atomic E-state index is -4.94. The van der Waals surface area contributed by atoms with Gasteiger partial charge in [0.25, 0.3) is 0 Å². The lowest BCUT2D eigenvalue weighted by molar-refractivity contribution is -0.167. The van der Waals surface area contributed by atoms with Gasteiger partial charge in [-0.3, -0.25) is 9.36 Å². The number of carbonyl (C=O) groups excluding carboxylic acids is 1. The Labute approximate surface area is 135 Å². The van der Waals surface area contributed by atoms with Crippen LogP contribution in [0.15, 0.2) is 18.2 Å². The molecule has 2 unspecified atom stereocenters. The van der Waals surface area contributed by atoms with Gasteiger partial charge in [-0.15, -0.1) is 0 Å². The molecule has 0 aliphatic heterocycles. The van der Waals surface area contributed by atoms with Crippen LogP contribution in [0.25, 0.3) is 0 Å². The van der Waals surface area contributed by atoms with E-state index in [4.69, 9.17) is 4.52 Å². The highest BCUT2D eigenvalue weighted by Gasteiger charge is 2.39. The third kappa shape index (κ3) is 4.57. The molecular weight excluding hydrogens is 386 g/mol. The van der Waals surface area contributed by atoms with Crippen molar-refractivity contribution < 1.29 is 27.1 Å². The highest BCUT2D eigenvalue weighted by molar-refractivity contribution is 9.09. The molecule has 9 heteroatoms. The predicted octanol–water partition coefficient (Wildman–Crippen LogP) is 4.40. The maximum absolute atomic E-state index is 12.3. The first-order valence-corrected chi connectivity index (χ1v) is 8.23. The summed E-state index contributed by atoms with van der Waals surface area (Å²) in [5.41, 5.74) is 1.40. The summed E-state index contributed by atoms with van der Waals surface area (Å²) in [5, 5.41) is 1.81. The molecule has 0 saturated heterocycles. The Morgan fingerprint density at radius 1 is 1.36 bits per heavy atom. The van der Waals surface area contributed by atoms with Crippen molar-refractivity contribution in [2.75, 3.05) is 5.32 Å². The van der Waals surface area contributed by atoms with Crippen LogP contribution < -0.4 is 5.32 Å². The highest BCUT2D eigenvalue weighted by atomic mass is 79.9. The first-order valence-electron chi connectivity index (χ1n) is 6.49. The van der Waals surface area contributed by atoms with Crippen LogP contribution in [-0.4, -0.2) is 12.1 Å². The number of rotatable bonds is 6. The van der Waals surface area contributed by atoms with Gasteiger partial charge >= 0.3 is 12.1 Å². The minimum Gasteiger partial charge on any atom is -0.318 e. The van der Waals surface area contributed by atoms with Gasteiger partial charge in [0.15, 0.2) is 13.2 Å². The van der Waals surface area contributed by atoms with Gasteiger partial charge in [-0.05, 0) is 52.0 Å². The molecular formula is C13H16BrF3NO3P. The normalized spacial score (nSPS) is 15.0. The first kappa shape index (κ1) is 19.2. The number of alkyl halides is 4. The SMILES string of the molecule is CCc1cc(NC(=O)C(F)(F)F)ccc1C(Br)(CC)O[PH2]=O. The van der Waals surface area contributed by atoms with E-state index in [2.05, 4.69) is 15.9 Å². The molecule has 1 aromatic rings. The molecule has 1 amide bonds. The van der Waals surface area contributed by atoms with Gasteiger partial charge in [-0.1, -0.05) is 19.9 Å². The van der Waals surface area contributed by atoms with E-state index in [9.17, 15) is 22.5 Å². The molecule has 0 bridgehead atoms. The van der Waals surface area contributed by atoms with Crippen LogP contribution in [0.2, 0.25) is 0 Å². The van der Waals surface area contributed by atoms with Crippen LogP contribution in [0, 0.1) is 0 Å². The van der Waals surface area contributed by atoms with Crippen LogP contribution in [-0.2, 0) is 24.8 Å². The van der Waals surface area contributed by atoms with Crippen LogP contribution >= 0.6 is 24.6 Å². The van der Waals surface area contributed by atoms with E-state index < -0.39 is 25.3 Å². The molecule has 0 saturated carbocycles. The molecule has 0 aromatic heterocycles. The molecule has 0 radical (unpaired) electrons. The van der Waals surface area contributed by atoms with Crippen molar-refractivity contribution in [3.63, 3.8) is 0 Å². The highest BCUT2D eigenvalue weighted by Crippen LogP contribution is 2.41. The van der Waals surface area contributed by atoms with Crippen molar-refractivity contribution in [2.24, 2.45) is 0 Å². The Kier molecular flexibility index (Phi) is 6.65. The molecule has 0 spiro atoms. The number of carbonyl (C=O) groups is 1. The van der Waals surface area contributed by atoms with E-state index in [-0.39, 0.29) is 5.69 Å². The Morgan fingerprint density at radius 3 is 2.45 bits per heavy atom. The van der Waals surface area contributed by atoms with Crippen LogP contribution in [0.5, 0.6) is 0 Å². The Bertz CT molecular complexity index is 568. The Morgan fingerprint density at radius 2 is 2.00 bits per heavy atom. The third-order valence-electron chi connectivity index (χ3n) is 3.09. The van der Waals surface area contributed by atoms with Gasteiger partial charge < -0.3 is 9.84 Å². The standard InChI is InChI=1S/C13H16BrF3NO3P/c1-3-8-7-9(18-11(19)13(15,16)17)5-6-10(8)12(14,4-2)21-22-20/h5-7H,3-4,22H2,1-2H3,(H,18,19). The average Bonchev–Trinajstić information content (AvgIpc) is 2.46. The zero-order valence-electron chi connectivity index (χ0n) is 12.0. The lowest BCUT2D eigenvalue weighted by Gasteiger charge is -2.27. The quantitative estimate of drug-likeness (QED) is 0.567. The van der Waals surface area contributed by atoms with Crippen LogP contribution in [0.4, 0.5) is 18.9 Å². The smallest absolute Gasteiger partial charge is 0.318 e. The van der Waals surface area contributed by atoms with Crippen molar-refractivity contribution in [2.45, 2.75) is 37.4 Å². The van der Waals surface area contributed by atoms with Crippen molar-refractivity contribution in [1.82, 2.24) is 0 Å². The summed E-state index contributed by atoms with van der Waals surface area (Å²) in [6, 6.07) is 4.36. The van der Waals surface area contributed by atoms with E-state index in [1.165, 1.54) is 12.1 Å². The zero-order chi connectivity index (χ0) is 17.0. The van der Waals surface area contributed by atoms with Crippen LogP contribution in [0.1, 0.15) is 31.4 Å². The summed E-state index contributed by atoms with van der Waals surface area (Å²) in [6.07, 6.45) is -3.96. The predicted molar refractivity (Wildman–Crippen MR) is 82.9 cm³/mol. The summed E-state index contributed by atoms with van der Waals surface area (Å²) in [6.45, 7) is 3.64. The van der Waals surface area contributed by atoms with Gasteiger partial charge in [0.05, 0.1) is 0 Å². The zero-order valence-corrected chi connectivity index (χ0v) is 14.7. The van der Waals surface area contributed by atoms with E-state index in [1.54, 1.807) is 6.07 Å². The summed E-state index contributed by atoms with van der Waals surface area (Å²) >= 11 is 3.38. The fourth-order valence-corrected chi connectivity index (χ4v) is 3.01. The van der Waals surface area contributed by atoms with Gasteiger partial charge in [0, 0.05) is 5.69 Å². The van der Waals surface area contributed by atoms with Gasteiger partial charge in [0.2, 0.25) is 0 Å². The van der Waals surface area contributed by atoms with Gasteiger partial charge in [-0.2, -0.15) is 13.2 Å². The minimum absolute atomic E-state index is 0.0448. The monoisotopic (exact) mass is 401 g/mol. The largest absolute Gasteiger partial charge is 0.471 e. The maximum Gasteiger partial charge on any atom is 0.471 e. The summed E-state index contributed by atoms with van der Waals surface area (Å²) < 4.78 is 52.0. The second-order valence-electron chi connectivity index (χ2n) is 4.47. The molecule has 1 N–H and O–H groups in total. The van der Waals surface area contributed by atoms with Crippen molar-refractivity contribution >= 4 is 36.2 Å². The number of benzene rings is 1. The van der Waals surface area contributed by atoms with Crippen molar-refractivity contribution in [3.8, 4) is 0 Å². The second-order valence-corrected chi connectivity index (χ2v) is 6.18. The summed E-state index contributed by atoms with van der Waals surface area (Å²) in [5.74, 6) is -2.02. The molecule has 22 heavy (non-hydrogen) atoms. The molecule has 1 rings (SSSR count). The van der Waals surface area contributed by atoms with E-state index in [1.807, 2.05) is 19.2 Å². The molecule has 0 aliphatic rings. The lowest BCUT2D eigenvalue weighted by Crippen LogP contribution is -2.30. The fraction of sp³-hybridized carbons (Fsp3) is 0.462. The second kappa shape index (κ2) is 7.62. The number of amides is 1. The lowest BCUT2D eigenvalue weighted by atomic mass is 9.98. The third-order valence-corrected chi connectivity index (χ3v) is 5.11. The summed E-state index contributed by atoms with van der Waals surface area (Å²) in [4.78, 5) is 11.0. The number of halogens is 4. The Hall–Kier alpha value is -0.850. The topological polar surface area (TPSA) is 55.4 Å². The van der Waals surface area contributed by atoms with E-state index in [0.717, 1.165) is 0 Å². The molecule has 0 fully saturated rings. The van der Waals surface area contributed by atoms with E-state index in [0.29, 0.717) is 24.0 Å². The van der Waals surface area contributed by atoms with Gasteiger partial charge in [0.1, 0.15) is 0 Å². The first-order chi connectivity index (χ1) is 10.2. The maximum atomic E-state index is 12.3. The number of hydrogen-bond donors (Lipinski definition) is 1. The Balaban J connectivity index is 3.16. The van der Waals surface area contributed by atoms with Gasteiger partial charge in [-0.25, -0.2) is 0 Å². The number of hydrogen-bond acceptors (Lipinski definition) is 3. The van der Waals surface area contributed by atoms with Crippen LogP contribution in [0.3, 0.4) is 0 Å². The summed E-state index contributed by atoms with van der Waals surface area (Å²) in [7, 11) is -1.46. The van der Waals surface area contributed by atoms with Crippen molar-refractivity contribution in [3.05, 3.63) is 29.3 Å². The fourth-order valence-electron chi connectivity index (χ4n) is 1.94. The molecule has 4 nitrogen and oxygen atoms in total. The number of aryl methyl sites for hydroxylation is 1. The molecule has 0 aliphatic carbocycles. The average molecular weight is 402 g/mol. The van der Waals surface area contributed by atoms with Crippen molar-refractivity contribution in [1.29, 1.82) is 0 Å². The number of nitrogens with one attached hydrogen (secondary N) is 1. The molecule has 124 valence electrons. The molecule has 0 heterocycles. The van der Waals surface area contributed by atoms with E-state index >= 15 is 0 Å².